The summed E-state index contributed by atoms with van der Waals surface area (Å²) in [6, 6.07) is 0.431. The summed E-state index contributed by atoms with van der Waals surface area (Å²) in [6.45, 7) is 4.42. The van der Waals surface area contributed by atoms with Crippen LogP contribution in [-0.2, 0) is 0 Å². The van der Waals surface area contributed by atoms with Crippen LogP contribution in [0.2, 0.25) is 0 Å². The quantitative estimate of drug-likeness (QED) is 0.510. The molecule has 0 saturated heterocycles. The van der Waals surface area contributed by atoms with Gasteiger partial charge in [-0.2, -0.15) is 0 Å². The lowest BCUT2D eigenvalue weighted by Gasteiger charge is -2.19. The third-order valence-electron chi connectivity index (χ3n) is 3.41. The Morgan fingerprint density at radius 1 is 1.30 bits per heavy atom. The molecule has 2 aromatic rings. The number of hydrogen-bond acceptors (Lipinski definition) is 5. The number of anilines is 2. The Labute approximate surface area is 119 Å². The number of imidazole rings is 1. The van der Waals surface area contributed by atoms with Gasteiger partial charge in [-0.25, -0.2) is 15.8 Å². The van der Waals surface area contributed by atoms with Crippen molar-refractivity contribution in [2.24, 2.45) is 5.84 Å². The minimum absolute atomic E-state index is 0.431. The number of nitrogen functional groups attached to an aromatic ring is 1. The standard InChI is InChI=1S/C14H24N6/c1-3-5-7-11(6-4-2)17-13-14-16-8-9-20(14)10-12(18-13)19-15/h8-11,19H,3-7,15H2,1-2H3,(H,17,18). The Morgan fingerprint density at radius 3 is 2.85 bits per heavy atom. The van der Waals surface area contributed by atoms with Gasteiger partial charge in [0.05, 0.1) is 6.20 Å². The molecule has 1 atom stereocenters. The predicted molar refractivity (Wildman–Crippen MR) is 82.6 cm³/mol. The first-order valence-corrected chi connectivity index (χ1v) is 7.35. The molecule has 4 N–H and O–H groups in total. The molecule has 0 aliphatic rings. The van der Waals surface area contributed by atoms with Crippen LogP contribution in [0.15, 0.2) is 18.6 Å². The SMILES string of the molecule is CCCCC(CCC)Nc1nc(NN)cn2ccnc12. The van der Waals surface area contributed by atoms with E-state index in [0.29, 0.717) is 11.9 Å². The molecule has 0 radical (unpaired) electrons. The van der Waals surface area contributed by atoms with Gasteiger partial charge in [0.2, 0.25) is 0 Å². The van der Waals surface area contributed by atoms with Gasteiger partial charge >= 0.3 is 0 Å². The molecular weight excluding hydrogens is 252 g/mol. The van der Waals surface area contributed by atoms with Crippen LogP contribution in [0.25, 0.3) is 5.65 Å². The number of nitrogens with two attached hydrogens (primary N) is 1. The van der Waals surface area contributed by atoms with Gasteiger partial charge in [-0.1, -0.05) is 33.1 Å². The summed E-state index contributed by atoms with van der Waals surface area (Å²) < 4.78 is 1.92. The summed E-state index contributed by atoms with van der Waals surface area (Å²) in [6.07, 6.45) is 11.4. The molecule has 1 unspecified atom stereocenters. The lowest BCUT2D eigenvalue weighted by molar-refractivity contribution is 0.563. The predicted octanol–water partition coefficient (Wildman–Crippen LogP) is 2.79. The van der Waals surface area contributed by atoms with E-state index >= 15 is 0 Å². The molecule has 0 aromatic carbocycles. The molecule has 110 valence electrons. The molecule has 6 heteroatoms. The molecule has 6 nitrogen and oxygen atoms in total. The van der Waals surface area contributed by atoms with Crippen LogP contribution in [0.1, 0.15) is 46.0 Å². The summed E-state index contributed by atoms with van der Waals surface area (Å²) in [4.78, 5) is 8.85. The Morgan fingerprint density at radius 2 is 2.15 bits per heavy atom. The van der Waals surface area contributed by atoms with Crippen molar-refractivity contribution in [1.82, 2.24) is 14.4 Å². The highest BCUT2D eigenvalue weighted by Crippen LogP contribution is 2.19. The average molecular weight is 276 g/mol. The maximum atomic E-state index is 5.47. The zero-order valence-corrected chi connectivity index (χ0v) is 12.3. The molecule has 0 saturated carbocycles. The van der Waals surface area contributed by atoms with E-state index in [1.165, 1.54) is 12.8 Å². The van der Waals surface area contributed by atoms with Gasteiger partial charge in [0.25, 0.3) is 0 Å². The summed E-state index contributed by atoms with van der Waals surface area (Å²) in [5, 5.41) is 3.53. The van der Waals surface area contributed by atoms with Crippen LogP contribution < -0.4 is 16.6 Å². The Balaban J connectivity index is 2.23. The third-order valence-corrected chi connectivity index (χ3v) is 3.41. The van der Waals surface area contributed by atoms with Crippen LogP contribution in [0.3, 0.4) is 0 Å². The van der Waals surface area contributed by atoms with Crippen molar-refractivity contribution in [2.45, 2.75) is 52.0 Å². The van der Waals surface area contributed by atoms with E-state index in [9.17, 15) is 0 Å². The average Bonchev–Trinajstić information content (AvgIpc) is 2.93. The summed E-state index contributed by atoms with van der Waals surface area (Å²) in [5.74, 6) is 6.89. The summed E-state index contributed by atoms with van der Waals surface area (Å²) in [7, 11) is 0. The first kappa shape index (κ1) is 14.6. The monoisotopic (exact) mass is 276 g/mol. The highest BCUT2D eigenvalue weighted by Gasteiger charge is 2.12. The van der Waals surface area contributed by atoms with Crippen molar-refractivity contribution in [2.75, 3.05) is 10.7 Å². The number of rotatable bonds is 8. The fourth-order valence-electron chi connectivity index (χ4n) is 2.38. The van der Waals surface area contributed by atoms with Crippen molar-refractivity contribution in [1.29, 1.82) is 0 Å². The van der Waals surface area contributed by atoms with Crippen molar-refractivity contribution >= 4 is 17.3 Å². The molecule has 0 bridgehead atoms. The van der Waals surface area contributed by atoms with E-state index in [2.05, 4.69) is 34.6 Å². The zero-order valence-electron chi connectivity index (χ0n) is 12.3. The zero-order chi connectivity index (χ0) is 14.4. The number of unbranched alkanes of at least 4 members (excludes halogenated alkanes) is 1. The minimum Gasteiger partial charge on any atom is -0.364 e. The van der Waals surface area contributed by atoms with E-state index in [4.69, 9.17) is 5.84 Å². The second-order valence-electron chi connectivity index (χ2n) is 5.05. The molecule has 0 aliphatic heterocycles. The normalized spacial score (nSPS) is 12.6. The minimum atomic E-state index is 0.431. The van der Waals surface area contributed by atoms with Gasteiger partial charge in [-0.3, -0.25) is 0 Å². The lowest BCUT2D eigenvalue weighted by atomic mass is 10.1. The number of hydrogen-bond donors (Lipinski definition) is 3. The molecule has 2 rings (SSSR count). The summed E-state index contributed by atoms with van der Waals surface area (Å²) >= 11 is 0. The van der Waals surface area contributed by atoms with Crippen molar-refractivity contribution in [3.8, 4) is 0 Å². The van der Waals surface area contributed by atoms with E-state index in [1.54, 1.807) is 6.20 Å². The lowest BCUT2D eigenvalue weighted by Crippen LogP contribution is -2.21. The first-order chi connectivity index (χ1) is 9.78. The molecule has 0 fully saturated rings. The fourth-order valence-corrected chi connectivity index (χ4v) is 2.38. The van der Waals surface area contributed by atoms with Crippen molar-refractivity contribution in [3.05, 3.63) is 18.6 Å². The smallest absolute Gasteiger partial charge is 0.180 e. The molecule has 0 aliphatic carbocycles. The van der Waals surface area contributed by atoms with Gasteiger partial charge in [0.15, 0.2) is 17.3 Å². The number of nitrogens with one attached hydrogen (secondary N) is 2. The Hall–Kier alpha value is -1.82. The Bertz CT molecular complexity index is 535. The third kappa shape index (κ3) is 3.39. The first-order valence-electron chi connectivity index (χ1n) is 7.35. The number of nitrogens with zero attached hydrogens (tertiary/aromatic N) is 3. The maximum absolute atomic E-state index is 5.47. The van der Waals surface area contributed by atoms with Crippen LogP contribution in [0, 0.1) is 0 Å². The molecule has 2 aromatic heterocycles. The number of aromatic nitrogens is 3. The van der Waals surface area contributed by atoms with E-state index in [0.717, 1.165) is 30.7 Å². The summed E-state index contributed by atoms with van der Waals surface area (Å²) in [5.41, 5.74) is 3.43. The van der Waals surface area contributed by atoms with Gasteiger partial charge in [-0.15, -0.1) is 0 Å². The Kier molecular flexibility index (Phi) is 5.17. The van der Waals surface area contributed by atoms with Crippen LogP contribution in [-0.4, -0.2) is 20.4 Å². The molecule has 0 spiro atoms. The molecule has 0 amide bonds. The van der Waals surface area contributed by atoms with Gasteiger partial charge < -0.3 is 15.1 Å². The molecular formula is C14H24N6. The van der Waals surface area contributed by atoms with E-state index < -0.39 is 0 Å². The maximum Gasteiger partial charge on any atom is 0.180 e. The largest absolute Gasteiger partial charge is 0.364 e. The highest BCUT2D eigenvalue weighted by molar-refractivity contribution is 5.65. The number of hydrazine groups is 1. The second kappa shape index (κ2) is 7.09. The number of fused-ring (bicyclic) bond motifs is 1. The van der Waals surface area contributed by atoms with Gasteiger partial charge in [0, 0.05) is 18.4 Å². The molecule has 20 heavy (non-hydrogen) atoms. The second-order valence-corrected chi connectivity index (χ2v) is 5.05. The topological polar surface area (TPSA) is 80.3 Å². The molecule has 2 heterocycles. The van der Waals surface area contributed by atoms with E-state index in [-0.39, 0.29) is 0 Å². The fraction of sp³-hybridized carbons (Fsp3) is 0.571. The van der Waals surface area contributed by atoms with Gasteiger partial charge in [0.1, 0.15) is 0 Å². The van der Waals surface area contributed by atoms with Crippen molar-refractivity contribution in [3.63, 3.8) is 0 Å². The van der Waals surface area contributed by atoms with Crippen LogP contribution >= 0.6 is 0 Å². The van der Waals surface area contributed by atoms with Crippen molar-refractivity contribution < 1.29 is 0 Å². The highest BCUT2D eigenvalue weighted by atomic mass is 15.3. The van der Waals surface area contributed by atoms with Crippen LogP contribution in [0.4, 0.5) is 11.6 Å². The van der Waals surface area contributed by atoms with Crippen LogP contribution in [0.5, 0.6) is 0 Å². The van der Waals surface area contributed by atoms with Gasteiger partial charge in [-0.05, 0) is 12.8 Å². The van der Waals surface area contributed by atoms with E-state index in [1.807, 2.05) is 16.8 Å².